The molecular weight excluding hydrogens is 268 g/mol. The molecule has 1 fully saturated rings. The summed E-state index contributed by atoms with van der Waals surface area (Å²) in [6.45, 7) is 8.58. The van der Waals surface area contributed by atoms with Gasteiger partial charge in [-0.15, -0.1) is 0 Å². The molecule has 1 aromatic rings. The van der Waals surface area contributed by atoms with Crippen LogP contribution in [0.3, 0.4) is 0 Å². The quantitative estimate of drug-likeness (QED) is 0.816. The van der Waals surface area contributed by atoms with Crippen LogP contribution in [0.15, 0.2) is 6.20 Å². The van der Waals surface area contributed by atoms with E-state index < -0.39 is 11.7 Å². The zero-order valence-corrected chi connectivity index (χ0v) is 13.2. The number of hydrogen-bond donors (Lipinski definition) is 2. The Bertz CT molecular complexity index is 507. The van der Waals surface area contributed by atoms with Crippen molar-refractivity contribution in [2.24, 2.45) is 0 Å². The third kappa shape index (κ3) is 5.21. The number of alkyl carbamates (subject to hydrolysis) is 1. The van der Waals surface area contributed by atoms with Crippen molar-refractivity contribution in [3.05, 3.63) is 17.5 Å². The molecule has 116 valence electrons. The van der Waals surface area contributed by atoms with Gasteiger partial charge in [-0.25, -0.2) is 14.8 Å². The van der Waals surface area contributed by atoms with Gasteiger partial charge >= 0.3 is 6.09 Å². The number of aryl methyl sites for hydroxylation is 1. The predicted octanol–water partition coefficient (Wildman–Crippen LogP) is 2.60. The smallest absolute Gasteiger partial charge is 0.407 e. The van der Waals surface area contributed by atoms with E-state index in [1.807, 2.05) is 33.9 Å². The van der Waals surface area contributed by atoms with Gasteiger partial charge in [0.25, 0.3) is 0 Å². The monoisotopic (exact) mass is 292 g/mol. The number of rotatable bonds is 5. The number of nitrogens with zero attached hydrogens (tertiary/aromatic N) is 2. The third-order valence-electron chi connectivity index (χ3n) is 3.05. The first-order valence-corrected chi connectivity index (χ1v) is 7.39. The lowest BCUT2D eigenvalue weighted by Gasteiger charge is -2.19. The molecule has 0 aromatic carbocycles. The zero-order valence-electron chi connectivity index (χ0n) is 13.2. The van der Waals surface area contributed by atoms with Gasteiger partial charge in [-0.05, 0) is 46.1 Å². The summed E-state index contributed by atoms with van der Waals surface area (Å²) in [6, 6.07) is 0. The summed E-state index contributed by atoms with van der Waals surface area (Å²) in [5, 5.41) is 5.81. The van der Waals surface area contributed by atoms with Crippen LogP contribution in [0.1, 0.15) is 50.8 Å². The highest BCUT2D eigenvalue weighted by molar-refractivity contribution is 5.67. The summed E-state index contributed by atoms with van der Waals surface area (Å²) in [5.41, 5.74) is 1.82. The van der Waals surface area contributed by atoms with E-state index in [-0.39, 0.29) is 0 Å². The second-order valence-electron chi connectivity index (χ2n) is 6.39. The number of carbonyl (C=O) groups is 1. The molecule has 0 spiro atoms. The molecule has 1 aliphatic carbocycles. The van der Waals surface area contributed by atoms with Crippen molar-refractivity contribution in [2.45, 2.75) is 52.1 Å². The van der Waals surface area contributed by atoms with Crippen LogP contribution in [-0.2, 0) is 4.74 Å². The van der Waals surface area contributed by atoms with Crippen molar-refractivity contribution in [2.75, 3.05) is 18.4 Å². The summed E-state index contributed by atoms with van der Waals surface area (Å²) in [4.78, 5) is 20.3. The highest BCUT2D eigenvalue weighted by Crippen LogP contribution is 2.40. The maximum absolute atomic E-state index is 11.5. The largest absolute Gasteiger partial charge is 0.444 e. The Hall–Kier alpha value is -1.85. The van der Waals surface area contributed by atoms with Gasteiger partial charge in [0, 0.05) is 25.2 Å². The van der Waals surface area contributed by atoms with E-state index in [1.165, 1.54) is 12.8 Å². The lowest BCUT2D eigenvalue weighted by molar-refractivity contribution is 0.0530. The van der Waals surface area contributed by atoms with Gasteiger partial charge in [-0.1, -0.05) is 0 Å². The van der Waals surface area contributed by atoms with Crippen molar-refractivity contribution >= 4 is 12.0 Å². The lowest BCUT2D eigenvalue weighted by Crippen LogP contribution is -2.35. The maximum atomic E-state index is 11.5. The molecule has 1 aromatic heterocycles. The van der Waals surface area contributed by atoms with Gasteiger partial charge in [0.15, 0.2) is 0 Å². The summed E-state index contributed by atoms with van der Waals surface area (Å²) in [5.74, 6) is 1.22. The molecule has 0 unspecified atom stereocenters. The zero-order chi connectivity index (χ0) is 15.5. The van der Waals surface area contributed by atoms with Gasteiger partial charge in [0.1, 0.15) is 5.60 Å². The Balaban J connectivity index is 1.74. The summed E-state index contributed by atoms with van der Waals surface area (Å²) >= 11 is 0. The first-order valence-electron chi connectivity index (χ1n) is 7.39. The average molecular weight is 292 g/mol. The fourth-order valence-electron chi connectivity index (χ4n) is 1.96. The Morgan fingerprint density at radius 3 is 2.71 bits per heavy atom. The first kappa shape index (κ1) is 15.5. The standard InChI is InChI=1S/C15H24N4O2/c1-10-9-18-13(19-12(10)11-5-6-11)16-7-8-17-14(20)21-15(2,3)4/h9,11H,5-8H2,1-4H3,(H,17,20)(H,16,18,19). The van der Waals surface area contributed by atoms with Gasteiger partial charge in [-0.2, -0.15) is 0 Å². The van der Waals surface area contributed by atoms with Crippen LogP contribution >= 0.6 is 0 Å². The second-order valence-corrected chi connectivity index (χ2v) is 6.39. The lowest BCUT2D eigenvalue weighted by atomic mass is 10.2. The molecule has 2 N–H and O–H groups in total. The minimum atomic E-state index is -0.475. The number of ether oxygens (including phenoxy) is 1. The third-order valence-corrected chi connectivity index (χ3v) is 3.05. The number of carbonyl (C=O) groups excluding carboxylic acids is 1. The number of nitrogens with one attached hydrogen (secondary N) is 2. The van der Waals surface area contributed by atoms with Gasteiger partial charge in [0.05, 0.1) is 5.69 Å². The molecule has 0 radical (unpaired) electrons. The van der Waals surface area contributed by atoms with Crippen molar-refractivity contribution in [3.8, 4) is 0 Å². The van der Waals surface area contributed by atoms with E-state index in [2.05, 4.69) is 20.6 Å². The van der Waals surface area contributed by atoms with E-state index >= 15 is 0 Å². The van der Waals surface area contributed by atoms with Crippen LogP contribution in [0.4, 0.5) is 10.7 Å². The Kier molecular flexibility index (Phi) is 4.65. The molecule has 1 amide bonds. The highest BCUT2D eigenvalue weighted by atomic mass is 16.6. The van der Waals surface area contributed by atoms with E-state index in [1.54, 1.807) is 0 Å². The maximum Gasteiger partial charge on any atom is 0.407 e. The molecule has 0 aliphatic heterocycles. The van der Waals surface area contributed by atoms with E-state index in [4.69, 9.17) is 4.74 Å². The average Bonchev–Trinajstić information content (AvgIpc) is 3.18. The van der Waals surface area contributed by atoms with Crippen LogP contribution < -0.4 is 10.6 Å². The molecule has 0 bridgehead atoms. The molecule has 2 rings (SSSR count). The summed E-state index contributed by atoms with van der Waals surface area (Å²) in [6.07, 6.45) is 3.88. The van der Waals surface area contributed by atoms with E-state index in [0.717, 1.165) is 11.3 Å². The Morgan fingerprint density at radius 1 is 1.38 bits per heavy atom. The van der Waals surface area contributed by atoms with Crippen LogP contribution in [0.25, 0.3) is 0 Å². The molecule has 1 heterocycles. The summed E-state index contributed by atoms with van der Waals surface area (Å²) < 4.78 is 5.16. The SMILES string of the molecule is Cc1cnc(NCCNC(=O)OC(C)(C)C)nc1C1CC1. The minimum Gasteiger partial charge on any atom is -0.444 e. The van der Waals surface area contributed by atoms with Crippen molar-refractivity contribution in [1.29, 1.82) is 0 Å². The number of aromatic nitrogens is 2. The summed E-state index contributed by atoms with van der Waals surface area (Å²) in [7, 11) is 0. The molecule has 0 saturated heterocycles. The molecule has 6 nitrogen and oxygen atoms in total. The topological polar surface area (TPSA) is 76.1 Å². The first-order chi connectivity index (χ1) is 9.85. The van der Waals surface area contributed by atoms with Gasteiger partial charge in [-0.3, -0.25) is 0 Å². The predicted molar refractivity (Wildman–Crippen MR) is 81.5 cm³/mol. The van der Waals surface area contributed by atoms with Crippen molar-refractivity contribution < 1.29 is 9.53 Å². The second kappa shape index (κ2) is 6.28. The number of anilines is 1. The molecule has 1 aliphatic rings. The number of hydrogen-bond acceptors (Lipinski definition) is 5. The Labute approximate surface area is 125 Å². The number of amides is 1. The van der Waals surface area contributed by atoms with Gasteiger partial charge in [0.2, 0.25) is 5.95 Å². The van der Waals surface area contributed by atoms with Crippen LogP contribution in [0, 0.1) is 6.92 Å². The van der Waals surface area contributed by atoms with E-state index in [9.17, 15) is 4.79 Å². The van der Waals surface area contributed by atoms with Crippen molar-refractivity contribution in [3.63, 3.8) is 0 Å². The molecule has 1 saturated carbocycles. The molecule has 0 atom stereocenters. The van der Waals surface area contributed by atoms with Crippen LogP contribution in [-0.4, -0.2) is 34.8 Å². The van der Waals surface area contributed by atoms with Crippen LogP contribution in [0.5, 0.6) is 0 Å². The fraction of sp³-hybridized carbons (Fsp3) is 0.667. The molecular formula is C15H24N4O2. The minimum absolute atomic E-state index is 0.409. The van der Waals surface area contributed by atoms with Crippen molar-refractivity contribution in [1.82, 2.24) is 15.3 Å². The van der Waals surface area contributed by atoms with Gasteiger partial charge < -0.3 is 15.4 Å². The highest BCUT2D eigenvalue weighted by Gasteiger charge is 2.27. The van der Waals surface area contributed by atoms with E-state index in [0.29, 0.717) is 25.0 Å². The Morgan fingerprint density at radius 2 is 2.10 bits per heavy atom. The van der Waals surface area contributed by atoms with Crippen LogP contribution in [0.2, 0.25) is 0 Å². The molecule has 21 heavy (non-hydrogen) atoms. The fourth-order valence-corrected chi connectivity index (χ4v) is 1.96. The molecule has 6 heteroatoms. The normalized spacial score (nSPS) is 14.7.